The molecular formula is C13H19F3N2O. The highest BCUT2D eigenvalue weighted by atomic mass is 19.4. The minimum absolute atomic E-state index is 0.0139. The first-order valence-electron chi connectivity index (χ1n) is 6.25. The van der Waals surface area contributed by atoms with Gasteiger partial charge in [0.1, 0.15) is 5.69 Å². The van der Waals surface area contributed by atoms with Gasteiger partial charge in [0.15, 0.2) is 0 Å². The lowest BCUT2D eigenvalue weighted by molar-refractivity contribution is -0.144. The number of hydrogen-bond acceptors (Lipinski definition) is 2. The Balaban J connectivity index is 3.16. The average molecular weight is 276 g/mol. The molecule has 0 aliphatic carbocycles. The molecule has 1 rings (SSSR count). The molecule has 108 valence electrons. The fourth-order valence-electron chi connectivity index (χ4n) is 1.99. The van der Waals surface area contributed by atoms with Gasteiger partial charge in [0.25, 0.3) is 5.56 Å². The molecule has 0 aliphatic heterocycles. The maximum atomic E-state index is 12.9. The van der Waals surface area contributed by atoms with E-state index in [9.17, 15) is 18.0 Å². The number of halogens is 3. The Morgan fingerprint density at radius 2 is 2.00 bits per heavy atom. The Hall–Kier alpha value is -1.30. The second-order valence-electron chi connectivity index (χ2n) is 4.64. The molecule has 2 atom stereocenters. The van der Waals surface area contributed by atoms with Gasteiger partial charge in [-0.25, -0.2) is 0 Å². The van der Waals surface area contributed by atoms with E-state index in [0.717, 1.165) is 29.2 Å². The molecule has 2 unspecified atom stereocenters. The first-order chi connectivity index (χ1) is 8.81. The lowest BCUT2D eigenvalue weighted by Crippen LogP contribution is -2.40. The predicted molar refractivity (Wildman–Crippen MR) is 68.0 cm³/mol. The highest BCUT2D eigenvalue weighted by Gasteiger charge is 2.34. The summed E-state index contributed by atoms with van der Waals surface area (Å²) in [5.74, 6) is 0.179. The summed E-state index contributed by atoms with van der Waals surface area (Å²) in [4.78, 5) is 11.7. The number of nitrogens with zero attached hydrogens (tertiary/aromatic N) is 1. The number of nitrogens with one attached hydrogen (secondary N) is 1. The smallest absolute Gasteiger partial charge is 0.315 e. The van der Waals surface area contributed by atoms with E-state index in [1.165, 1.54) is 0 Å². The zero-order valence-electron chi connectivity index (χ0n) is 11.3. The van der Waals surface area contributed by atoms with Crippen molar-refractivity contribution in [1.82, 2.24) is 9.88 Å². The molecule has 0 radical (unpaired) electrons. The maximum absolute atomic E-state index is 12.9. The van der Waals surface area contributed by atoms with Crippen molar-refractivity contribution in [2.75, 3.05) is 7.05 Å². The molecule has 0 amide bonds. The molecule has 0 spiro atoms. The van der Waals surface area contributed by atoms with Gasteiger partial charge in [-0.2, -0.15) is 13.2 Å². The Bertz CT molecular complexity index is 468. The van der Waals surface area contributed by atoms with Crippen molar-refractivity contribution in [3.63, 3.8) is 0 Å². The maximum Gasteiger partial charge on any atom is 0.431 e. The van der Waals surface area contributed by atoms with Crippen LogP contribution < -0.4 is 10.9 Å². The summed E-state index contributed by atoms with van der Waals surface area (Å²) in [5.41, 5.74) is -1.53. The van der Waals surface area contributed by atoms with Crippen LogP contribution in [0.3, 0.4) is 0 Å². The summed E-state index contributed by atoms with van der Waals surface area (Å²) in [6, 6.07) is 3.05. The molecule has 19 heavy (non-hydrogen) atoms. The molecule has 1 heterocycles. The van der Waals surface area contributed by atoms with Crippen molar-refractivity contribution >= 4 is 0 Å². The van der Waals surface area contributed by atoms with Gasteiger partial charge in [-0.3, -0.25) is 4.79 Å². The fraction of sp³-hybridized carbons (Fsp3) is 0.615. The molecule has 1 aromatic rings. The third kappa shape index (κ3) is 3.83. The van der Waals surface area contributed by atoms with Gasteiger partial charge < -0.3 is 9.88 Å². The molecule has 0 aliphatic rings. The predicted octanol–water partition coefficient (Wildman–Crippen LogP) is 2.50. The van der Waals surface area contributed by atoms with Crippen LogP contribution in [0.25, 0.3) is 0 Å². The number of alkyl halides is 3. The minimum Gasteiger partial charge on any atom is -0.315 e. The third-order valence-corrected chi connectivity index (χ3v) is 3.42. The van der Waals surface area contributed by atoms with Gasteiger partial charge in [0.2, 0.25) is 0 Å². The van der Waals surface area contributed by atoms with E-state index in [2.05, 4.69) is 5.32 Å². The molecule has 0 saturated carbocycles. The van der Waals surface area contributed by atoms with Crippen LogP contribution in [-0.4, -0.2) is 17.7 Å². The number of pyridine rings is 1. The van der Waals surface area contributed by atoms with Gasteiger partial charge in [0, 0.05) is 18.7 Å². The molecule has 0 aromatic carbocycles. The van der Waals surface area contributed by atoms with E-state index in [-0.39, 0.29) is 18.5 Å². The first kappa shape index (κ1) is 15.8. The van der Waals surface area contributed by atoms with Gasteiger partial charge in [0.05, 0.1) is 0 Å². The molecule has 1 aromatic heterocycles. The number of aromatic nitrogens is 1. The summed E-state index contributed by atoms with van der Waals surface area (Å²) in [6.07, 6.45) is -3.69. The van der Waals surface area contributed by atoms with Gasteiger partial charge in [-0.15, -0.1) is 0 Å². The lowest BCUT2D eigenvalue weighted by atomic mass is 9.99. The highest BCUT2D eigenvalue weighted by molar-refractivity contribution is 5.10. The molecule has 3 nitrogen and oxygen atoms in total. The normalized spacial score (nSPS) is 15.3. The Morgan fingerprint density at radius 3 is 2.47 bits per heavy atom. The number of rotatable bonds is 5. The van der Waals surface area contributed by atoms with Crippen molar-refractivity contribution in [1.29, 1.82) is 0 Å². The van der Waals surface area contributed by atoms with E-state index >= 15 is 0 Å². The topological polar surface area (TPSA) is 34.0 Å². The summed E-state index contributed by atoms with van der Waals surface area (Å²) in [6.45, 7) is 3.93. The lowest BCUT2D eigenvalue weighted by Gasteiger charge is -2.25. The fourth-order valence-corrected chi connectivity index (χ4v) is 1.99. The molecule has 0 bridgehead atoms. The quantitative estimate of drug-likeness (QED) is 0.896. The largest absolute Gasteiger partial charge is 0.431 e. The summed E-state index contributed by atoms with van der Waals surface area (Å²) in [5, 5.41) is 2.98. The standard InChI is InChI=1S/C13H19F3N2O/c1-4-9(2)10(17-3)8-18-11(13(14,15)16)6-5-7-12(18)19/h5-7,9-10,17H,4,8H2,1-3H3. The van der Waals surface area contributed by atoms with Crippen molar-refractivity contribution in [3.8, 4) is 0 Å². The Kier molecular flexibility index (Phi) is 5.17. The van der Waals surface area contributed by atoms with E-state index < -0.39 is 17.4 Å². The van der Waals surface area contributed by atoms with Crippen molar-refractivity contribution in [2.45, 2.75) is 39.0 Å². The van der Waals surface area contributed by atoms with Crippen LogP contribution in [0.1, 0.15) is 26.0 Å². The van der Waals surface area contributed by atoms with Crippen molar-refractivity contribution < 1.29 is 13.2 Å². The van der Waals surface area contributed by atoms with E-state index in [0.29, 0.717) is 0 Å². The van der Waals surface area contributed by atoms with Crippen molar-refractivity contribution in [3.05, 3.63) is 34.2 Å². The number of likely N-dealkylation sites (N-methyl/N-ethyl adjacent to an activating group) is 1. The Labute approximate surface area is 110 Å². The van der Waals surface area contributed by atoms with Crippen LogP contribution in [-0.2, 0) is 12.7 Å². The van der Waals surface area contributed by atoms with Crippen LogP contribution >= 0.6 is 0 Å². The Morgan fingerprint density at radius 1 is 1.37 bits per heavy atom. The molecule has 0 saturated heterocycles. The van der Waals surface area contributed by atoms with E-state index in [1.807, 2.05) is 13.8 Å². The molecule has 1 N–H and O–H groups in total. The summed E-state index contributed by atoms with van der Waals surface area (Å²) < 4.78 is 39.5. The highest BCUT2D eigenvalue weighted by Crippen LogP contribution is 2.28. The zero-order valence-corrected chi connectivity index (χ0v) is 11.3. The molecular weight excluding hydrogens is 257 g/mol. The van der Waals surface area contributed by atoms with Crippen LogP contribution in [0.4, 0.5) is 13.2 Å². The van der Waals surface area contributed by atoms with E-state index in [1.54, 1.807) is 7.05 Å². The molecule has 6 heteroatoms. The van der Waals surface area contributed by atoms with Gasteiger partial charge >= 0.3 is 6.18 Å². The van der Waals surface area contributed by atoms with Gasteiger partial charge in [-0.05, 0) is 19.0 Å². The van der Waals surface area contributed by atoms with Crippen molar-refractivity contribution in [2.24, 2.45) is 5.92 Å². The van der Waals surface area contributed by atoms with Crippen LogP contribution in [0.2, 0.25) is 0 Å². The SMILES string of the molecule is CCC(C)C(Cn1c(C(F)(F)F)cccc1=O)NC. The van der Waals surface area contributed by atoms with E-state index in [4.69, 9.17) is 0 Å². The second-order valence-corrected chi connectivity index (χ2v) is 4.64. The van der Waals surface area contributed by atoms with Crippen LogP contribution in [0.5, 0.6) is 0 Å². The minimum atomic E-state index is -4.52. The van der Waals surface area contributed by atoms with Crippen LogP contribution in [0, 0.1) is 5.92 Å². The molecule has 0 fully saturated rings. The summed E-state index contributed by atoms with van der Waals surface area (Å²) in [7, 11) is 1.69. The average Bonchev–Trinajstić information content (AvgIpc) is 2.35. The third-order valence-electron chi connectivity index (χ3n) is 3.42. The summed E-state index contributed by atoms with van der Waals surface area (Å²) >= 11 is 0. The first-order valence-corrected chi connectivity index (χ1v) is 6.25. The zero-order chi connectivity index (χ0) is 14.6. The number of hydrogen-bond donors (Lipinski definition) is 1. The van der Waals surface area contributed by atoms with Gasteiger partial charge in [-0.1, -0.05) is 26.3 Å². The monoisotopic (exact) mass is 276 g/mol. The second kappa shape index (κ2) is 6.23. The van der Waals surface area contributed by atoms with Crippen LogP contribution in [0.15, 0.2) is 23.0 Å².